The van der Waals surface area contributed by atoms with Gasteiger partial charge in [0.05, 0.1) is 18.7 Å². The zero-order valence-electron chi connectivity index (χ0n) is 16.8. The summed E-state index contributed by atoms with van der Waals surface area (Å²) in [4.78, 5) is 27.5. The summed E-state index contributed by atoms with van der Waals surface area (Å²) in [6.07, 6.45) is 0. The van der Waals surface area contributed by atoms with Crippen molar-refractivity contribution in [3.63, 3.8) is 0 Å². The van der Waals surface area contributed by atoms with Crippen molar-refractivity contribution in [1.82, 2.24) is 4.90 Å². The topological polar surface area (TPSA) is 66.8 Å². The first-order valence-corrected chi connectivity index (χ1v) is 10.1. The smallest absolute Gasteiger partial charge is 0.295 e. The van der Waals surface area contributed by atoms with Crippen LogP contribution in [0.1, 0.15) is 22.7 Å². The van der Waals surface area contributed by atoms with Gasteiger partial charge in [-0.25, -0.2) is 0 Å². The van der Waals surface area contributed by atoms with Crippen LogP contribution < -0.4 is 4.74 Å². The van der Waals surface area contributed by atoms with Gasteiger partial charge >= 0.3 is 0 Å². The first-order valence-electron chi connectivity index (χ1n) is 9.72. The Balaban J connectivity index is 1.86. The third-order valence-corrected chi connectivity index (χ3v) is 5.52. The van der Waals surface area contributed by atoms with Gasteiger partial charge in [0.1, 0.15) is 11.5 Å². The normalized spacial score (nSPS) is 17.7. The van der Waals surface area contributed by atoms with Gasteiger partial charge in [-0.1, -0.05) is 66.2 Å². The van der Waals surface area contributed by atoms with Gasteiger partial charge in [-0.2, -0.15) is 0 Å². The molecule has 1 aliphatic heterocycles. The summed E-state index contributed by atoms with van der Waals surface area (Å²) in [5, 5.41) is 11.6. The van der Waals surface area contributed by atoms with E-state index in [1.54, 1.807) is 48.5 Å². The average Bonchev–Trinajstić information content (AvgIpc) is 3.05. The molecule has 1 atom stereocenters. The monoisotopic (exact) mass is 433 g/mol. The number of ketones is 1. The Kier molecular flexibility index (Phi) is 5.78. The maximum atomic E-state index is 13.1. The van der Waals surface area contributed by atoms with E-state index in [0.29, 0.717) is 21.9 Å². The fourth-order valence-electron chi connectivity index (χ4n) is 3.74. The number of rotatable bonds is 5. The molecule has 6 heteroatoms. The molecule has 1 aliphatic rings. The number of carbonyl (C=O) groups is 2. The van der Waals surface area contributed by atoms with Gasteiger partial charge in [0.15, 0.2) is 0 Å². The highest BCUT2D eigenvalue weighted by Crippen LogP contribution is 2.40. The molecule has 1 unspecified atom stereocenters. The Labute approximate surface area is 185 Å². The molecular formula is C25H20ClNO4. The lowest BCUT2D eigenvalue weighted by atomic mass is 9.95. The van der Waals surface area contributed by atoms with E-state index >= 15 is 0 Å². The lowest BCUT2D eigenvalue weighted by Crippen LogP contribution is -2.29. The molecule has 0 aromatic heterocycles. The Morgan fingerprint density at radius 1 is 1.00 bits per heavy atom. The summed E-state index contributed by atoms with van der Waals surface area (Å²) in [6, 6.07) is 22.3. The van der Waals surface area contributed by atoms with E-state index in [0.717, 1.165) is 5.56 Å². The molecule has 156 valence electrons. The third kappa shape index (κ3) is 4.05. The Morgan fingerprint density at radius 3 is 2.39 bits per heavy atom. The van der Waals surface area contributed by atoms with Crippen molar-refractivity contribution in [1.29, 1.82) is 0 Å². The van der Waals surface area contributed by atoms with Crippen molar-refractivity contribution in [2.75, 3.05) is 7.11 Å². The minimum atomic E-state index is -0.747. The molecule has 5 nitrogen and oxygen atoms in total. The van der Waals surface area contributed by atoms with Crippen LogP contribution in [0, 0.1) is 0 Å². The number of amides is 1. The van der Waals surface area contributed by atoms with Gasteiger partial charge < -0.3 is 14.7 Å². The summed E-state index contributed by atoms with van der Waals surface area (Å²) in [6.45, 7) is 0.230. The fourth-order valence-corrected chi connectivity index (χ4v) is 3.87. The van der Waals surface area contributed by atoms with Gasteiger partial charge in [-0.15, -0.1) is 0 Å². The van der Waals surface area contributed by atoms with Crippen molar-refractivity contribution in [2.45, 2.75) is 12.6 Å². The number of benzene rings is 3. The number of aliphatic hydroxyl groups is 1. The second kappa shape index (κ2) is 8.66. The number of Topliss-reactive ketones (excluding diaryl/α,β-unsaturated/α-hetero) is 1. The molecule has 4 rings (SSSR count). The predicted molar refractivity (Wildman–Crippen MR) is 119 cm³/mol. The molecule has 1 fully saturated rings. The van der Waals surface area contributed by atoms with E-state index in [2.05, 4.69) is 0 Å². The van der Waals surface area contributed by atoms with Crippen LogP contribution in [-0.4, -0.2) is 28.8 Å². The summed E-state index contributed by atoms with van der Waals surface area (Å²) >= 11 is 6.05. The van der Waals surface area contributed by atoms with Crippen molar-refractivity contribution >= 4 is 29.1 Å². The summed E-state index contributed by atoms with van der Waals surface area (Å²) < 4.78 is 5.23. The third-order valence-electron chi connectivity index (χ3n) is 5.26. The lowest BCUT2D eigenvalue weighted by Gasteiger charge is -2.25. The van der Waals surface area contributed by atoms with Crippen molar-refractivity contribution < 1.29 is 19.4 Å². The standard InChI is InChI=1S/C25H20ClNO4/c1-31-20-9-5-8-18(14-20)23(28)21-22(17-10-12-19(26)13-11-17)27(25(30)24(21)29)15-16-6-3-2-4-7-16/h2-14,22,28H,15H2,1H3/b23-21+. The van der Waals surface area contributed by atoms with E-state index in [1.165, 1.54) is 12.0 Å². The van der Waals surface area contributed by atoms with Gasteiger partial charge in [0.2, 0.25) is 0 Å². The maximum absolute atomic E-state index is 13.1. The number of hydrogen-bond acceptors (Lipinski definition) is 4. The van der Waals surface area contributed by atoms with Crippen LogP contribution in [0.5, 0.6) is 5.75 Å². The first kappa shape index (κ1) is 20.7. The van der Waals surface area contributed by atoms with Crippen molar-refractivity contribution in [3.8, 4) is 5.75 Å². The SMILES string of the molecule is COc1cccc(/C(O)=C2\C(=O)C(=O)N(Cc3ccccc3)C2c2ccc(Cl)cc2)c1. The largest absolute Gasteiger partial charge is 0.507 e. The Hall–Kier alpha value is -3.57. The highest BCUT2D eigenvalue weighted by atomic mass is 35.5. The maximum Gasteiger partial charge on any atom is 0.295 e. The molecular weight excluding hydrogens is 414 g/mol. The molecule has 1 saturated heterocycles. The number of methoxy groups -OCH3 is 1. The summed E-state index contributed by atoms with van der Waals surface area (Å²) in [5.74, 6) is -1.09. The predicted octanol–water partition coefficient (Wildman–Crippen LogP) is 4.97. The van der Waals surface area contributed by atoms with Gasteiger partial charge in [0.25, 0.3) is 11.7 Å². The zero-order chi connectivity index (χ0) is 22.0. The number of ether oxygens (including phenoxy) is 1. The van der Waals surface area contributed by atoms with E-state index in [4.69, 9.17) is 16.3 Å². The van der Waals surface area contributed by atoms with Crippen LogP contribution in [-0.2, 0) is 16.1 Å². The number of hydrogen-bond donors (Lipinski definition) is 1. The van der Waals surface area contributed by atoms with E-state index in [9.17, 15) is 14.7 Å². The molecule has 0 spiro atoms. The van der Waals surface area contributed by atoms with E-state index in [-0.39, 0.29) is 17.9 Å². The van der Waals surface area contributed by atoms with Crippen LogP contribution in [0.15, 0.2) is 84.4 Å². The van der Waals surface area contributed by atoms with Crippen LogP contribution in [0.2, 0.25) is 5.02 Å². The highest BCUT2D eigenvalue weighted by molar-refractivity contribution is 6.46. The minimum Gasteiger partial charge on any atom is -0.507 e. The molecule has 3 aromatic carbocycles. The number of likely N-dealkylation sites (tertiary alicyclic amines) is 1. The number of halogens is 1. The van der Waals surface area contributed by atoms with Gasteiger partial charge in [0, 0.05) is 17.1 Å². The van der Waals surface area contributed by atoms with Crippen LogP contribution in [0.4, 0.5) is 0 Å². The van der Waals surface area contributed by atoms with Gasteiger partial charge in [-0.05, 0) is 35.4 Å². The molecule has 3 aromatic rings. The van der Waals surface area contributed by atoms with Crippen LogP contribution in [0.3, 0.4) is 0 Å². The van der Waals surface area contributed by atoms with E-state index in [1.807, 2.05) is 30.3 Å². The summed E-state index contributed by atoms with van der Waals surface area (Å²) in [7, 11) is 1.52. The second-order valence-corrected chi connectivity index (χ2v) is 7.63. The quantitative estimate of drug-likeness (QED) is 0.350. The van der Waals surface area contributed by atoms with Crippen molar-refractivity contribution in [3.05, 3.63) is 106 Å². The Bertz CT molecular complexity index is 1160. The average molecular weight is 434 g/mol. The van der Waals surface area contributed by atoms with Crippen LogP contribution >= 0.6 is 11.6 Å². The molecule has 0 bridgehead atoms. The fraction of sp³-hybridized carbons (Fsp3) is 0.120. The van der Waals surface area contributed by atoms with Gasteiger partial charge in [-0.3, -0.25) is 9.59 Å². The number of nitrogens with zero attached hydrogens (tertiary/aromatic N) is 1. The zero-order valence-corrected chi connectivity index (χ0v) is 17.5. The molecule has 31 heavy (non-hydrogen) atoms. The highest BCUT2D eigenvalue weighted by Gasteiger charge is 2.46. The second-order valence-electron chi connectivity index (χ2n) is 7.20. The van der Waals surface area contributed by atoms with E-state index < -0.39 is 17.7 Å². The molecule has 1 N–H and O–H groups in total. The molecule has 0 radical (unpaired) electrons. The first-order chi connectivity index (χ1) is 15.0. The molecule has 1 heterocycles. The summed E-state index contributed by atoms with van der Waals surface area (Å²) in [5.41, 5.74) is 2.00. The molecule has 0 saturated carbocycles. The lowest BCUT2D eigenvalue weighted by molar-refractivity contribution is -0.140. The number of carbonyl (C=O) groups excluding carboxylic acids is 2. The number of aliphatic hydroxyl groups excluding tert-OH is 1. The molecule has 0 aliphatic carbocycles. The minimum absolute atomic E-state index is 0.0384. The molecule has 1 amide bonds. The Morgan fingerprint density at radius 2 is 1.71 bits per heavy atom. The van der Waals surface area contributed by atoms with Crippen molar-refractivity contribution in [2.24, 2.45) is 0 Å². The van der Waals surface area contributed by atoms with Crippen LogP contribution in [0.25, 0.3) is 5.76 Å².